The number of ether oxygens (including phenoxy) is 2. The highest BCUT2D eigenvalue weighted by molar-refractivity contribution is 9.10. The van der Waals surface area contributed by atoms with Crippen LogP contribution in [0.2, 0.25) is 0 Å². The van der Waals surface area contributed by atoms with Crippen LogP contribution in [0.4, 0.5) is 5.69 Å². The predicted octanol–water partition coefficient (Wildman–Crippen LogP) is 6.01. The van der Waals surface area contributed by atoms with Crippen molar-refractivity contribution in [3.05, 3.63) is 98.0 Å². The van der Waals surface area contributed by atoms with Crippen molar-refractivity contribution in [2.45, 2.75) is 6.61 Å². The Hall–Kier alpha value is -3.63. The van der Waals surface area contributed by atoms with E-state index in [0.29, 0.717) is 17.1 Å². The Balaban J connectivity index is 1.85. The van der Waals surface area contributed by atoms with Gasteiger partial charge in [-0.1, -0.05) is 15.9 Å². The number of benzene rings is 3. The number of halogens is 1. The molecule has 30 heavy (non-hydrogen) atoms. The van der Waals surface area contributed by atoms with Gasteiger partial charge in [0.15, 0.2) is 0 Å². The van der Waals surface area contributed by atoms with Gasteiger partial charge >= 0.3 is 0 Å². The molecule has 3 rings (SSSR count). The zero-order valence-corrected chi connectivity index (χ0v) is 17.6. The van der Waals surface area contributed by atoms with Crippen LogP contribution in [0.15, 0.2) is 71.2 Å². The number of rotatable bonds is 7. The van der Waals surface area contributed by atoms with E-state index in [1.807, 2.05) is 30.3 Å². The third kappa shape index (κ3) is 5.25. The van der Waals surface area contributed by atoms with Gasteiger partial charge in [-0.3, -0.25) is 10.1 Å². The number of nitro groups is 1. The topological polar surface area (TPSA) is 85.4 Å². The molecule has 7 heteroatoms. The molecule has 3 aromatic rings. The van der Waals surface area contributed by atoms with Gasteiger partial charge in [-0.15, -0.1) is 0 Å². The minimum Gasteiger partial charge on any atom is -0.497 e. The van der Waals surface area contributed by atoms with Crippen LogP contribution in [0.25, 0.3) is 11.6 Å². The smallest absolute Gasteiger partial charge is 0.269 e. The van der Waals surface area contributed by atoms with Crippen LogP contribution >= 0.6 is 15.9 Å². The number of allylic oxidation sites excluding steroid dienone is 1. The number of hydrogen-bond acceptors (Lipinski definition) is 5. The van der Waals surface area contributed by atoms with Crippen LogP contribution in [0.3, 0.4) is 0 Å². The molecule has 0 saturated heterocycles. The Kier molecular flexibility index (Phi) is 6.83. The molecule has 0 atom stereocenters. The van der Waals surface area contributed by atoms with E-state index >= 15 is 0 Å². The molecule has 0 aliphatic rings. The average molecular weight is 465 g/mol. The largest absolute Gasteiger partial charge is 0.497 e. The van der Waals surface area contributed by atoms with Crippen molar-refractivity contribution >= 4 is 33.3 Å². The van der Waals surface area contributed by atoms with Gasteiger partial charge in [-0.2, -0.15) is 5.26 Å². The maximum atomic E-state index is 10.8. The van der Waals surface area contributed by atoms with Crippen LogP contribution in [0, 0.1) is 21.4 Å². The second-order valence-electron chi connectivity index (χ2n) is 6.29. The minimum atomic E-state index is -0.440. The number of nitriles is 1. The minimum absolute atomic E-state index is 0.0316. The maximum Gasteiger partial charge on any atom is 0.269 e. The van der Waals surface area contributed by atoms with Crippen molar-refractivity contribution < 1.29 is 14.4 Å². The Labute approximate surface area is 182 Å². The van der Waals surface area contributed by atoms with E-state index in [9.17, 15) is 15.4 Å². The van der Waals surface area contributed by atoms with E-state index < -0.39 is 4.92 Å². The van der Waals surface area contributed by atoms with E-state index in [0.717, 1.165) is 21.2 Å². The van der Waals surface area contributed by atoms with Crippen LogP contribution in [-0.4, -0.2) is 12.0 Å². The zero-order valence-electron chi connectivity index (χ0n) is 16.0. The molecule has 0 radical (unpaired) electrons. The molecule has 0 amide bonds. The van der Waals surface area contributed by atoms with Gasteiger partial charge in [-0.25, -0.2) is 0 Å². The second kappa shape index (κ2) is 9.72. The highest BCUT2D eigenvalue weighted by Gasteiger charge is 2.09. The third-order valence-corrected chi connectivity index (χ3v) is 4.83. The number of methoxy groups -OCH3 is 1. The van der Waals surface area contributed by atoms with Crippen molar-refractivity contribution in [1.29, 1.82) is 5.26 Å². The molecular weight excluding hydrogens is 448 g/mol. The molecule has 0 fully saturated rings. The lowest BCUT2D eigenvalue weighted by Crippen LogP contribution is -1.98. The van der Waals surface area contributed by atoms with Crippen molar-refractivity contribution in [3.8, 4) is 17.6 Å². The quantitative estimate of drug-likeness (QED) is 0.185. The summed E-state index contributed by atoms with van der Waals surface area (Å²) in [7, 11) is 1.59. The van der Waals surface area contributed by atoms with E-state index in [2.05, 4.69) is 22.0 Å². The summed E-state index contributed by atoms with van der Waals surface area (Å²) >= 11 is 3.45. The molecule has 0 unspecified atom stereocenters. The molecule has 0 heterocycles. The number of hydrogen-bond donors (Lipinski definition) is 0. The molecule has 3 aromatic carbocycles. The molecule has 6 nitrogen and oxygen atoms in total. The predicted molar refractivity (Wildman–Crippen MR) is 118 cm³/mol. The SMILES string of the molecule is COc1ccc(/C(C#N)=C/c2cc(Br)ccc2OCc2ccc([N+](=O)[O-])cc2)cc1. The normalized spacial score (nSPS) is 10.9. The van der Waals surface area contributed by atoms with Gasteiger partial charge in [0.2, 0.25) is 0 Å². The summed E-state index contributed by atoms with van der Waals surface area (Å²) in [6.45, 7) is 0.241. The standard InChI is InChI=1S/C23H17BrN2O4/c1-29-22-9-4-17(5-10-22)19(14-25)12-18-13-20(24)6-11-23(18)30-15-16-2-7-21(8-3-16)26(27)28/h2-13H,15H2,1H3/b19-12+. The van der Waals surface area contributed by atoms with Gasteiger partial charge in [0, 0.05) is 22.2 Å². The summed E-state index contributed by atoms with van der Waals surface area (Å²) in [5.41, 5.74) is 2.81. The van der Waals surface area contributed by atoms with Crippen LogP contribution in [0.5, 0.6) is 11.5 Å². The van der Waals surface area contributed by atoms with E-state index in [1.165, 1.54) is 12.1 Å². The first kappa shape index (κ1) is 21.1. The van der Waals surface area contributed by atoms with E-state index in [4.69, 9.17) is 9.47 Å². The van der Waals surface area contributed by atoms with E-state index in [1.54, 1.807) is 37.5 Å². The van der Waals surface area contributed by atoms with Crippen LogP contribution < -0.4 is 9.47 Å². The lowest BCUT2D eigenvalue weighted by Gasteiger charge is -2.11. The van der Waals surface area contributed by atoms with Crippen LogP contribution in [-0.2, 0) is 6.61 Å². The van der Waals surface area contributed by atoms with Gasteiger partial charge in [0.05, 0.1) is 23.7 Å². The zero-order chi connectivity index (χ0) is 21.5. The molecule has 0 spiro atoms. The van der Waals surface area contributed by atoms with Crippen molar-refractivity contribution in [2.24, 2.45) is 0 Å². The molecular formula is C23H17BrN2O4. The monoisotopic (exact) mass is 464 g/mol. The summed E-state index contributed by atoms with van der Waals surface area (Å²) in [5, 5.41) is 20.4. The van der Waals surface area contributed by atoms with Crippen molar-refractivity contribution in [2.75, 3.05) is 7.11 Å². The fraction of sp³-hybridized carbons (Fsp3) is 0.0870. The van der Waals surface area contributed by atoms with Gasteiger partial charge in [-0.05, 0) is 71.8 Å². The molecule has 0 aliphatic carbocycles. The fourth-order valence-corrected chi connectivity index (χ4v) is 3.12. The lowest BCUT2D eigenvalue weighted by atomic mass is 10.0. The lowest BCUT2D eigenvalue weighted by molar-refractivity contribution is -0.384. The summed E-state index contributed by atoms with van der Waals surface area (Å²) in [4.78, 5) is 10.3. The van der Waals surface area contributed by atoms with Gasteiger partial charge in [0.1, 0.15) is 18.1 Å². The number of nitro benzene ring substituents is 1. The fourth-order valence-electron chi connectivity index (χ4n) is 2.74. The summed E-state index contributed by atoms with van der Waals surface area (Å²) < 4.78 is 11.9. The Bertz CT molecular complexity index is 1120. The third-order valence-electron chi connectivity index (χ3n) is 4.33. The number of nitrogens with zero attached hydrogens (tertiary/aromatic N) is 2. The summed E-state index contributed by atoms with van der Waals surface area (Å²) in [6.07, 6.45) is 1.76. The first-order chi connectivity index (χ1) is 14.5. The molecule has 0 bridgehead atoms. The molecule has 0 aromatic heterocycles. The van der Waals surface area contributed by atoms with Crippen molar-refractivity contribution in [1.82, 2.24) is 0 Å². The van der Waals surface area contributed by atoms with Crippen LogP contribution in [0.1, 0.15) is 16.7 Å². The van der Waals surface area contributed by atoms with E-state index in [-0.39, 0.29) is 12.3 Å². The van der Waals surface area contributed by atoms with Gasteiger partial charge in [0.25, 0.3) is 5.69 Å². The first-order valence-corrected chi connectivity index (χ1v) is 9.71. The highest BCUT2D eigenvalue weighted by atomic mass is 79.9. The van der Waals surface area contributed by atoms with Gasteiger partial charge < -0.3 is 9.47 Å². The Morgan fingerprint density at radius 3 is 2.43 bits per heavy atom. The Morgan fingerprint density at radius 2 is 1.83 bits per heavy atom. The average Bonchev–Trinajstić information content (AvgIpc) is 2.77. The second-order valence-corrected chi connectivity index (χ2v) is 7.21. The molecule has 150 valence electrons. The first-order valence-electron chi connectivity index (χ1n) is 8.92. The highest BCUT2D eigenvalue weighted by Crippen LogP contribution is 2.29. The molecule has 0 aliphatic heterocycles. The summed E-state index contributed by atoms with van der Waals surface area (Å²) in [6, 6.07) is 21.2. The molecule has 0 N–H and O–H groups in total. The maximum absolute atomic E-state index is 10.8. The summed E-state index contributed by atoms with van der Waals surface area (Å²) in [5.74, 6) is 1.31. The van der Waals surface area contributed by atoms with Crippen molar-refractivity contribution in [3.63, 3.8) is 0 Å². The number of non-ortho nitro benzene ring substituents is 1. The Morgan fingerprint density at radius 1 is 1.13 bits per heavy atom. The molecule has 0 saturated carbocycles.